The van der Waals surface area contributed by atoms with E-state index in [4.69, 9.17) is 4.74 Å². The summed E-state index contributed by atoms with van der Waals surface area (Å²) in [4.78, 5) is 14.1. The summed E-state index contributed by atoms with van der Waals surface area (Å²) in [5.74, 6) is 0. The molecule has 0 N–H and O–H groups in total. The number of hydrogen-bond acceptors (Lipinski definition) is 4. The molecule has 23 heavy (non-hydrogen) atoms. The summed E-state index contributed by atoms with van der Waals surface area (Å²) in [6, 6.07) is 6.03. The number of fused-ring (bicyclic) bond motifs is 1. The molecule has 1 aromatic carbocycles. The second-order valence-electron chi connectivity index (χ2n) is 6.89. The SMILES string of the molecule is CC(C)(C)OC(=O)N1CCCC(n2nnc3ccc(Br)cc32)C1. The van der Waals surface area contributed by atoms with Crippen molar-refractivity contribution >= 4 is 33.1 Å². The smallest absolute Gasteiger partial charge is 0.410 e. The van der Waals surface area contributed by atoms with Crippen LogP contribution in [0.1, 0.15) is 39.7 Å². The monoisotopic (exact) mass is 380 g/mol. The fraction of sp³-hybridized carbons (Fsp3) is 0.562. The van der Waals surface area contributed by atoms with E-state index < -0.39 is 5.60 Å². The van der Waals surface area contributed by atoms with Crippen molar-refractivity contribution in [3.05, 3.63) is 22.7 Å². The lowest BCUT2D eigenvalue weighted by Crippen LogP contribution is -2.43. The van der Waals surface area contributed by atoms with E-state index in [0.29, 0.717) is 6.54 Å². The minimum Gasteiger partial charge on any atom is -0.444 e. The zero-order valence-corrected chi connectivity index (χ0v) is 15.2. The Morgan fingerprint density at radius 2 is 2.17 bits per heavy atom. The van der Waals surface area contributed by atoms with Gasteiger partial charge < -0.3 is 9.64 Å². The predicted octanol–water partition coefficient (Wildman–Crippen LogP) is 3.77. The summed E-state index contributed by atoms with van der Waals surface area (Å²) >= 11 is 3.49. The number of benzene rings is 1. The standard InChI is InChI=1S/C16H21BrN4O2/c1-16(2,3)23-15(22)20-8-4-5-12(10-20)21-14-9-11(17)6-7-13(14)18-19-21/h6-7,9,12H,4-5,8,10H2,1-3H3. The van der Waals surface area contributed by atoms with Crippen LogP contribution >= 0.6 is 15.9 Å². The van der Waals surface area contributed by atoms with Crippen molar-refractivity contribution in [1.82, 2.24) is 19.9 Å². The second-order valence-corrected chi connectivity index (χ2v) is 7.81. The minimum atomic E-state index is -0.477. The van der Waals surface area contributed by atoms with E-state index in [9.17, 15) is 4.79 Å². The third-order valence-corrected chi connectivity index (χ3v) is 4.32. The van der Waals surface area contributed by atoms with E-state index in [1.165, 1.54) is 0 Å². The molecule has 0 spiro atoms. The molecule has 1 aromatic heterocycles. The van der Waals surface area contributed by atoms with E-state index in [1.807, 2.05) is 43.7 Å². The Labute approximate surface area is 143 Å². The van der Waals surface area contributed by atoms with Crippen molar-refractivity contribution in [3.63, 3.8) is 0 Å². The van der Waals surface area contributed by atoms with Crippen molar-refractivity contribution in [2.45, 2.75) is 45.3 Å². The lowest BCUT2D eigenvalue weighted by Gasteiger charge is -2.34. The number of amides is 1. The fourth-order valence-electron chi connectivity index (χ4n) is 2.83. The highest BCUT2D eigenvalue weighted by Gasteiger charge is 2.29. The lowest BCUT2D eigenvalue weighted by atomic mass is 10.1. The number of hydrogen-bond donors (Lipinski definition) is 0. The summed E-state index contributed by atoms with van der Waals surface area (Å²) in [7, 11) is 0. The van der Waals surface area contributed by atoms with Gasteiger partial charge in [0.2, 0.25) is 0 Å². The number of likely N-dealkylation sites (tertiary alicyclic amines) is 1. The van der Waals surface area contributed by atoms with Crippen molar-refractivity contribution in [2.75, 3.05) is 13.1 Å². The quantitative estimate of drug-likeness (QED) is 0.755. The molecule has 1 aliphatic rings. The summed E-state index contributed by atoms with van der Waals surface area (Å²) < 4.78 is 8.40. The third-order valence-electron chi connectivity index (χ3n) is 3.83. The van der Waals surface area contributed by atoms with Crippen LogP contribution in [0.5, 0.6) is 0 Å². The average molecular weight is 381 g/mol. The number of rotatable bonds is 1. The number of carbonyl (C=O) groups excluding carboxylic acids is 1. The van der Waals surface area contributed by atoms with E-state index in [2.05, 4.69) is 26.2 Å². The summed E-state index contributed by atoms with van der Waals surface area (Å²) in [5.41, 5.74) is 1.37. The molecular formula is C16H21BrN4O2. The zero-order valence-electron chi connectivity index (χ0n) is 13.6. The van der Waals surface area contributed by atoms with Crippen LogP contribution in [0, 0.1) is 0 Å². The molecule has 124 valence electrons. The number of ether oxygens (including phenoxy) is 1. The van der Waals surface area contributed by atoms with Crippen LogP contribution in [0.3, 0.4) is 0 Å². The molecule has 3 rings (SSSR count). The highest BCUT2D eigenvalue weighted by atomic mass is 79.9. The molecule has 1 atom stereocenters. The molecule has 0 saturated carbocycles. The van der Waals surface area contributed by atoms with E-state index in [-0.39, 0.29) is 12.1 Å². The van der Waals surface area contributed by atoms with Gasteiger partial charge in [0.15, 0.2) is 0 Å². The van der Waals surface area contributed by atoms with Gasteiger partial charge in [0.1, 0.15) is 11.1 Å². The Morgan fingerprint density at radius 1 is 1.39 bits per heavy atom. The van der Waals surface area contributed by atoms with Gasteiger partial charge in [0, 0.05) is 17.6 Å². The Morgan fingerprint density at radius 3 is 2.91 bits per heavy atom. The van der Waals surface area contributed by atoms with E-state index in [0.717, 1.165) is 34.9 Å². The topological polar surface area (TPSA) is 60.2 Å². The molecule has 1 aliphatic heterocycles. The van der Waals surface area contributed by atoms with Crippen LogP contribution < -0.4 is 0 Å². The number of piperidine rings is 1. The fourth-order valence-corrected chi connectivity index (χ4v) is 3.17. The molecule has 1 amide bonds. The second kappa shape index (κ2) is 6.11. The maximum atomic E-state index is 12.3. The van der Waals surface area contributed by atoms with Gasteiger partial charge in [-0.1, -0.05) is 21.1 Å². The van der Waals surface area contributed by atoms with Gasteiger partial charge in [-0.15, -0.1) is 5.10 Å². The van der Waals surface area contributed by atoms with Crippen LogP contribution in [0.4, 0.5) is 4.79 Å². The van der Waals surface area contributed by atoms with Gasteiger partial charge in [-0.05, 0) is 51.8 Å². The zero-order chi connectivity index (χ0) is 16.6. The molecule has 1 saturated heterocycles. The van der Waals surface area contributed by atoms with E-state index >= 15 is 0 Å². The Hall–Kier alpha value is -1.63. The molecule has 7 heteroatoms. The molecule has 2 heterocycles. The molecular weight excluding hydrogens is 360 g/mol. The molecule has 2 aromatic rings. The first-order chi connectivity index (χ1) is 10.8. The highest BCUT2D eigenvalue weighted by molar-refractivity contribution is 9.10. The van der Waals surface area contributed by atoms with Crippen LogP contribution in [-0.2, 0) is 4.74 Å². The van der Waals surface area contributed by atoms with Crippen molar-refractivity contribution in [2.24, 2.45) is 0 Å². The number of halogens is 1. The predicted molar refractivity (Wildman–Crippen MR) is 91.3 cm³/mol. The van der Waals surface area contributed by atoms with Gasteiger partial charge >= 0.3 is 6.09 Å². The summed E-state index contributed by atoms with van der Waals surface area (Å²) in [6.45, 7) is 6.97. The Kier molecular flexibility index (Phi) is 4.31. The molecule has 0 radical (unpaired) electrons. The van der Waals surface area contributed by atoms with Crippen molar-refractivity contribution in [3.8, 4) is 0 Å². The van der Waals surface area contributed by atoms with Gasteiger partial charge in [0.05, 0.1) is 11.6 Å². The summed E-state index contributed by atoms with van der Waals surface area (Å²) in [5, 5.41) is 8.52. The number of carbonyl (C=O) groups is 1. The highest BCUT2D eigenvalue weighted by Crippen LogP contribution is 2.27. The lowest BCUT2D eigenvalue weighted by molar-refractivity contribution is 0.0168. The van der Waals surface area contributed by atoms with Crippen LogP contribution in [0.2, 0.25) is 0 Å². The Bertz CT molecular complexity index is 722. The van der Waals surface area contributed by atoms with E-state index in [1.54, 1.807) is 4.90 Å². The summed E-state index contributed by atoms with van der Waals surface area (Å²) in [6.07, 6.45) is 1.65. The first-order valence-electron chi connectivity index (χ1n) is 7.82. The first kappa shape index (κ1) is 16.2. The Balaban J connectivity index is 1.80. The third kappa shape index (κ3) is 3.65. The average Bonchev–Trinajstić information content (AvgIpc) is 2.88. The van der Waals surface area contributed by atoms with Crippen molar-refractivity contribution in [1.29, 1.82) is 0 Å². The maximum Gasteiger partial charge on any atom is 0.410 e. The number of nitrogens with zero attached hydrogens (tertiary/aromatic N) is 4. The van der Waals surface area contributed by atoms with Gasteiger partial charge in [-0.3, -0.25) is 0 Å². The molecule has 1 fully saturated rings. The number of aromatic nitrogens is 3. The minimum absolute atomic E-state index is 0.121. The maximum absolute atomic E-state index is 12.3. The van der Waals surface area contributed by atoms with Crippen LogP contribution in [-0.4, -0.2) is 44.7 Å². The van der Waals surface area contributed by atoms with Crippen LogP contribution in [0.15, 0.2) is 22.7 Å². The molecule has 1 unspecified atom stereocenters. The normalized spacial score (nSPS) is 19.1. The van der Waals surface area contributed by atoms with Gasteiger partial charge in [0.25, 0.3) is 0 Å². The van der Waals surface area contributed by atoms with Crippen molar-refractivity contribution < 1.29 is 9.53 Å². The van der Waals surface area contributed by atoms with Gasteiger partial charge in [-0.25, -0.2) is 9.48 Å². The first-order valence-corrected chi connectivity index (χ1v) is 8.61. The van der Waals surface area contributed by atoms with Gasteiger partial charge in [-0.2, -0.15) is 0 Å². The molecule has 6 nitrogen and oxygen atoms in total. The largest absolute Gasteiger partial charge is 0.444 e. The molecule has 0 aliphatic carbocycles. The molecule has 0 bridgehead atoms. The van der Waals surface area contributed by atoms with Crippen LogP contribution in [0.25, 0.3) is 11.0 Å².